The van der Waals surface area contributed by atoms with Crippen LogP contribution in [0.2, 0.25) is 0 Å². The van der Waals surface area contributed by atoms with E-state index >= 15 is 0 Å². The van der Waals surface area contributed by atoms with E-state index in [0.29, 0.717) is 6.04 Å². The molecule has 1 N–H and O–H groups in total. The van der Waals surface area contributed by atoms with Crippen LogP contribution in [-0.4, -0.2) is 30.6 Å². The fraction of sp³-hybridized carbons (Fsp3) is 0.353. The SMILES string of the molecule is Cc1cnn(C[C@@H](C)NCc2cn(C)nc2-c2cccnc2)c1. The maximum atomic E-state index is 4.57. The number of pyridine rings is 1. The van der Waals surface area contributed by atoms with Gasteiger partial charge in [0.1, 0.15) is 0 Å². The number of nitrogens with zero attached hydrogens (tertiary/aromatic N) is 5. The topological polar surface area (TPSA) is 60.6 Å². The maximum absolute atomic E-state index is 4.57. The third-order valence-electron chi connectivity index (χ3n) is 3.70. The standard InChI is InChI=1S/C17H22N6/c1-13-7-20-23(10-13)11-14(2)19-9-16-12-22(3)21-17(16)15-5-4-6-18-8-15/h4-8,10,12,14,19H,9,11H2,1-3H3/t14-/m1/s1. The minimum atomic E-state index is 0.316. The van der Waals surface area contributed by atoms with Crippen molar-refractivity contribution in [1.29, 1.82) is 0 Å². The van der Waals surface area contributed by atoms with E-state index in [1.807, 2.05) is 40.9 Å². The Morgan fingerprint density at radius 1 is 1.26 bits per heavy atom. The van der Waals surface area contributed by atoms with E-state index in [-0.39, 0.29) is 0 Å². The highest BCUT2D eigenvalue weighted by Gasteiger charge is 2.11. The summed E-state index contributed by atoms with van der Waals surface area (Å²) in [5.74, 6) is 0. The second kappa shape index (κ2) is 6.75. The van der Waals surface area contributed by atoms with Gasteiger partial charge in [0.2, 0.25) is 0 Å². The van der Waals surface area contributed by atoms with Crippen molar-refractivity contribution in [3.8, 4) is 11.3 Å². The molecule has 0 fully saturated rings. The summed E-state index contributed by atoms with van der Waals surface area (Å²) in [7, 11) is 1.94. The number of rotatable bonds is 6. The van der Waals surface area contributed by atoms with E-state index in [1.54, 1.807) is 6.20 Å². The largest absolute Gasteiger partial charge is 0.308 e. The van der Waals surface area contributed by atoms with Crippen LogP contribution < -0.4 is 5.32 Å². The van der Waals surface area contributed by atoms with Gasteiger partial charge in [0.15, 0.2) is 0 Å². The van der Waals surface area contributed by atoms with E-state index in [4.69, 9.17) is 0 Å². The minimum Gasteiger partial charge on any atom is -0.308 e. The number of nitrogens with one attached hydrogen (secondary N) is 1. The monoisotopic (exact) mass is 310 g/mol. The van der Waals surface area contributed by atoms with Gasteiger partial charge < -0.3 is 5.32 Å². The summed E-state index contributed by atoms with van der Waals surface area (Å²) in [6.45, 7) is 5.82. The number of aromatic nitrogens is 5. The van der Waals surface area contributed by atoms with Crippen LogP contribution in [0.4, 0.5) is 0 Å². The molecule has 6 heteroatoms. The van der Waals surface area contributed by atoms with Gasteiger partial charge in [0.25, 0.3) is 0 Å². The molecule has 0 amide bonds. The Hall–Kier alpha value is -2.47. The molecule has 120 valence electrons. The molecule has 23 heavy (non-hydrogen) atoms. The third kappa shape index (κ3) is 3.84. The lowest BCUT2D eigenvalue weighted by Gasteiger charge is -2.13. The lowest BCUT2D eigenvalue weighted by molar-refractivity contribution is 0.451. The van der Waals surface area contributed by atoms with Crippen molar-refractivity contribution >= 4 is 0 Å². The summed E-state index contributed by atoms with van der Waals surface area (Å²) in [6, 6.07) is 4.29. The second-order valence-electron chi connectivity index (χ2n) is 5.94. The molecule has 3 heterocycles. The van der Waals surface area contributed by atoms with E-state index in [0.717, 1.165) is 24.3 Å². The highest BCUT2D eigenvalue weighted by atomic mass is 15.3. The van der Waals surface area contributed by atoms with Gasteiger partial charge in [-0.2, -0.15) is 10.2 Å². The molecule has 0 aliphatic heterocycles. The first-order valence-electron chi connectivity index (χ1n) is 7.77. The fourth-order valence-corrected chi connectivity index (χ4v) is 2.61. The molecular formula is C17H22N6. The first-order chi connectivity index (χ1) is 11.1. The first kappa shape index (κ1) is 15.4. The molecule has 3 rings (SSSR count). The fourth-order valence-electron chi connectivity index (χ4n) is 2.61. The number of hydrogen-bond acceptors (Lipinski definition) is 4. The molecule has 1 atom stereocenters. The summed E-state index contributed by atoms with van der Waals surface area (Å²) >= 11 is 0. The number of hydrogen-bond donors (Lipinski definition) is 1. The van der Waals surface area contributed by atoms with Crippen LogP contribution in [0, 0.1) is 6.92 Å². The van der Waals surface area contributed by atoms with Crippen molar-refractivity contribution in [2.75, 3.05) is 0 Å². The van der Waals surface area contributed by atoms with Crippen LogP contribution in [-0.2, 0) is 20.1 Å². The Bertz CT molecular complexity index is 758. The Morgan fingerprint density at radius 3 is 2.83 bits per heavy atom. The van der Waals surface area contributed by atoms with Crippen molar-refractivity contribution in [2.24, 2.45) is 7.05 Å². The molecule has 0 saturated heterocycles. The van der Waals surface area contributed by atoms with Crippen molar-refractivity contribution in [1.82, 2.24) is 29.9 Å². The third-order valence-corrected chi connectivity index (χ3v) is 3.70. The zero-order valence-corrected chi connectivity index (χ0v) is 13.8. The highest BCUT2D eigenvalue weighted by Crippen LogP contribution is 2.20. The van der Waals surface area contributed by atoms with Crippen molar-refractivity contribution < 1.29 is 0 Å². The molecule has 0 bridgehead atoms. The van der Waals surface area contributed by atoms with Crippen LogP contribution in [0.5, 0.6) is 0 Å². The summed E-state index contributed by atoms with van der Waals surface area (Å²) in [6.07, 6.45) is 9.62. The predicted octanol–water partition coefficient (Wildman–Crippen LogP) is 2.17. The van der Waals surface area contributed by atoms with Crippen molar-refractivity contribution in [2.45, 2.75) is 33.0 Å². The van der Waals surface area contributed by atoms with Crippen LogP contribution in [0.3, 0.4) is 0 Å². The first-order valence-corrected chi connectivity index (χ1v) is 7.77. The molecule has 0 unspecified atom stereocenters. The van der Waals surface area contributed by atoms with Crippen LogP contribution >= 0.6 is 0 Å². The van der Waals surface area contributed by atoms with Gasteiger partial charge >= 0.3 is 0 Å². The molecule has 3 aromatic rings. The van der Waals surface area contributed by atoms with Gasteiger partial charge in [0, 0.05) is 55.5 Å². The van der Waals surface area contributed by atoms with Crippen molar-refractivity contribution in [3.05, 3.63) is 54.2 Å². The molecular weight excluding hydrogens is 288 g/mol. The minimum absolute atomic E-state index is 0.316. The molecule has 3 aromatic heterocycles. The van der Waals surface area contributed by atoms with Gasteiger partial charge in [-0.1, -0.05) is 0 Å². The van der Waals surface area contributed by atoms with Gasteiger partial charge in [-0.25, -0.2) is 0 Å². The lowest BCUT2D eigenvalue weighted by Crippen LogP contribution is -2.30. The molecule has 0 radical (unpaired) electrons. The van der Waals surface area contributed by atoms with Gasteiger partial charge in [-0.05, 0) is 31.5 Å². The smallest absolute Gasteiger partial charge is 0.0983 e. The quantitative estimate of drug-likeness (QED) is 0.758. The Labute approximate surface area is 136 Å². The van der Waals surface area contributed by atoms with Crippen LogP contribution in [0.1, 0.15) is 18.1 Å². The Morgan fingerprint density at radius 2 is 2.13 bits per heavy atom. The van der Waals surface area contributed by atoms with E-state index in [9.17, 15) is 0 Å². The molecule has 0 saturated carbocycles. The van der Waals surface area contributed by atoms with Crippen LogP contribution in [0.25, 0.3) is 11.3 Å². The Balaban J connectivity index is 1.66. The summed E-state index contributed by atoms with van der Waals surface area (Å²) in [4.78, 5) is 4.18. The van der Waals surface area contributed by atoms with Gasteiger partial charge in [-0.3, -0.25) is 14.3 Å². The average Bonchev–Trinajstić information content (AvgIpc) is 3.12. The van der Waals surface area contributed by atoms with E-state index < -0.39 is 0 Å². The molecule has 0 aliphatic rings. The normalized spacial score (nSPS) is 12.5. The zero-order chi connectivity index (χ0) is 16.2. The highest BCUT2D eigenvalue weighted by molar-refractivity contribution is 5.61. The number of aryl methyl sites for hydroxylation is 2. The molecule has 6 nitrogen and oxygen atoms in total. The van der Waals surface area contributed by atoms with Crippen molar-refractivity contribution in [3.63, 3.8) is 0 Å². The van der Waals surface area contributed by atoms with E-state index in [2.05, 4.69) is 46.7 Å². The maximum Gasteiger partial charge on any atom is 0.0983 e. The zero-order valence-electron chi connectivity index (χ0n) is 13.8. The lowest BCUT2D eigenvalue weighted by atomic mass is 10.1. The Kier molecular flexibility index (Phi) is 4.52. The van der Waals surface area contributed by atoms with Gasteiger partial charge in [0.05, 0.1) is 18.4 Å². The second-order valence-corrected chi connectivity index (χ2v) is 5.94. The predicted molar refractivity (Wildman–Crippen MR) is 89.7 cm³/mol. The summed E-state index contributed by atoms with van der Waals surface area (Å²) < 4.78 is 3.82. The molecule has 0 spiro atoms. The summed E-state index contributed by atoms with van der Waals surface area (Å²) in [5.41, 5.74) is 4.38. The average molecular weight is 310 g/mol. The van der Waals surface area contributed by atoms with E-state index in [1.165, 1.54) is 11.1 Å². The summed E-state index contributed by atoms with van der Waals surface area (Å²) in [5, 5.41) is 12.4. The molecule has 0 aliphatic carbocycles. The molecule has 0 aromatic carbocycles. The van der Waals surface area contributed by atoms with Crippen LogP contribution in [0.15, 0.2) is 43.1 Å². The van der Waals surface area contributed by atoms with Gasteiger partial charge in [-0.15, -0.1) is 0 Å².